The van der Waals surface area contributed by atoms with Gasteiger partial charge in [-0.25, -0.2) is 0 Å². The minimum Gasteiger partial charge on any atom is -0.493 e. The number of benzene rings is 2. The van der Waals surface area contributed by atoms with Crippen LogP contribution in [0.5, 0.6) is 11.5 Å². The fraction of sp³-hybridized carbons (Fsp3) is 0.308. The van der Waals surface area contributed by atoms with Crippen molar-refractivity contribution in [3.8, 4) is 11.5 Å². The molecule has 1 aliphatic heterocycles. The summed E-state index contributed by atoms with van der Waals surface area (Å²) in [5, 5.41) is 7.57. The van der Waals surface area contributed by atoms with Gasteiger partial charge < -0.3 is 19.3 Å². The fourth-order valence-electron chi connectivity index (χ4n) is 4.91. The largest absolute Gasteiger partial charge is 0.493 e. The van der Waals surface area contributed by atoms with E-state index in [9.17, 15) is 4.79 Å². The van der Waals surface area contributed by atoms with E-state index < -0.39 is 0 Å². The molecule has 6 nitrogen and oxygen atoms in total. The van der Waals surface area contributed by atoms with Crippen molar-refractivity contribution in [3.63, 3.8) is 0 Å². The van der Waals surface area contributed by atoms with Crippen LogP contribution in [0.15, 0.2) is 58.3 Å². The number of nitrogens with zero attached hydrogens (tertiary/aromatic N) is 1. The molecule has 1 aromatic heterocycles. The molecule has 0 saturated heterocycles. The number of aryl methyl sites for hydroxylation is 2. The van der Waals surface area contributed by atoms with Crippen LogP contribution in [-0.4, -0.2) is 25.2 Å². The lowest BCUT2D eigenvalue weighted by atomic mass is 9.72. The third kappa shape index (κ3) is 3.27. The Morgan fingerprint density at radius 2 is 1.69 bits per heavy atom. The van der Waals surface area contributed by atoms with E-state index in [0.29, 0.717) is 30.2 Å². The zero-order valence-corrected chi connectivity index (χ0v) is 18.7. The summed E-state index contributed by atoms with van der Waals surface area (Å²) in [6.07, 6.45) is 1.15. The van der Waals surface area contributed by atoms with E-state index in [4.69, 9.17) is 14.0 Å². The number of rotatable bonds is 4. The molecule has 3 aromatic rings. The van der Waals surface area contributed by atoms with Gasteiger partial charge in [0.15, 0.2) is 17.3 Å². The molecule has 5 rings (SSSR count). The highest BCUT2D eigenvalue weighted by Gasteiger charge is 2.41. The number of aromatic nitrogens is 1. The van der Waals surface area contributed by atoms with Crippen molar-refractivity contribution in [2.45, 2.75) is 38.5 Å². The lowest BCUT2D eigenvalue weighted by Crippen LogP contribution is -2.29. The van der Waals surface area contributed by atoms with Crippen LogP contribution in [0.25, 0.3) is 0 Å². The van der Waals surface area contributed by atoms with Gasteiger partial charge >= 0.3 is 0 Å². The standard InChI is InChI=1S/C26H26N2O4/c1-14-5-7-16(8-6-14)24-23-15(2)28-32-26(23)27-19-11-18(12-20(29)25(19)24)17-9-10-21(30-3)22(13-17)31-4/h5-10,13,18,24,27H,11-12H2,1-4H3/t18-,24+/m1/s1. The van der Waals surface area contributed by atoms with Gasteiger partial charge in [0.05, 0.1) is 25.5 Å². The molecule has 0 unspecified atom stereocenters. The molecule has 164 valence electrons. The zero-order valence-electron chi connectivity index (χ0n) is 18.7. The Morgan fingerprint density at radius 3 is 2.41 bits per heavy atom. The molecule has 2 atom stereocenters. The maximum atomic E-state index is 13.6. The second-order valence-corrected chi connectivity index (χ2v) is 8.51. The van der Waals surface area contributed by atoms with E-state index in [-0.39, 0.29) is 17.6 Å². The molecular formula is C26H26N2O4. The lowest BCUT2D eigenvalue weighted by Gasteiger charge is -2.34. The van der Waals surface area contributed by atoms with Crippen molar-refractivity contribution in [1.29, 1.82) is 0 Å². The second-order valence-electron chi connectivity index (χ2n) is 8.51. The number of Topliss-reactive ketones (excluding diaryl/α,β-unsaturated/α-hetero) is 1. The smallest absolute Gasteiger partial charge is 0.233 e. The van der Waals surface area contributed by atoms with E-state index in [1.54, 1.807) is 14.2 Å². The zero-order chi connectivity index (χ0) is 22.4. The number of ether oxygens (including phenoxy) is 2. The summed E-state index contributed by atoms with van der Waals surface area (Å²) >= 11 is 0. The molecule has 0 saturated carbocycles. The molecule has 2 aliphatic rings. The molecule has 6 heteroatoms. The number of carbonyl (C=O) groups excluding carboxylic acids is 1. The Labute approximate surface area is 187 Å². The molecule has 0 bridgehead atoms. The minimum atomic E-state index is -0.174. The van der Waals surface area contributed by atoms with Gasteiger partial charge in [0.1, 0.15) is 0 Å². The van der Waals surface area contributed by atoms with Gasteiger partial charge in [0.2, 0.25) is 5.88 Å². The topological polar surface area (TPSA) is 73.6 Å². The predicted octanol–water partition coefficient (Wildman–Crippen LogP) is 5.27. The summed E-state index contributed by atoms with van der Waals surface area (Å²) in [7, 11) is 3.24. The third-order valence-corrected chi connectivity index (χ3v) is 6.55. The van der Waals surface area contributed by atoms with Crippen LogP contribution < -0.4 is 14.8 Å². The number of allylic oxidation sites excluding steroid dienone is 2. The number of nitrogens with one attached hydrogen (secondary N) is 1. The lowest BCUT2D eigenvalue weighted by molar-refractivity contribution is -0.116. The first-order valence-corrected chi connectivity index (χ1v) is 10.8. The van der Waals surface area contributed by atoms with Gasteiger partial charge in [-0.2, -0.15) is 0 Å². The number of ketones is 1. The highest BCUT2D eigenvalue weighted by molar-refractivity contribution is 6.01. The van der Waals surface area contributed by atoms with Crippen LogP contribution in [0.2, 0.25) is 0 Å². The van der Waals surface area contributed by atoms with Crippen LogP contribution in [0, 0.1) is 13.8 Å². The Balaban J connectivity index is 1.57. The molecule has 0 radical (unpaired) electrons. The van der Waals surface area contributed by atoms with Crippen molar-refractivity contribution < 1.29 is 18.8 Å². The first-order chi connectivity index (χ1) is 15.5. The summed E-state index contributed by atoms with van der Waals surface area (Å²) in [5.74, 6) is 1.99. The second kappa shape index (κ2) is 7.86. The van der Waals surface area contributed by atoms with Crippen molar-refractivity contribution >= 4 is 11.7 Å². The van der Waals surface area contributed by atoms with E-state index in [1.165, 1.54) is 5.56 Å². The molecule has 0 spiro atoms. The maximum absolute atomic E-state index is 13.6. The maximum Gasteiger partial charge on any atom is 0.233 e. The Hall–Kier alpha value is -3.54. The van der Waals surface area contributed by atoms with Crippen molar-refractivity contribution in [2.24, 2.45) is 0 Å². The quantitative estimate of drug-likeness (QED) is 0.608. The molecule has 2 aromatic carbocycles. The van der Waals surface area contributed by atoms with E-state index in [0.717, 1.165) is 33.7 Å². The number of anilines is 1. The monoisotopic (exact) mass is 430 g/mol. The molecular weight excluding hydrogens is 404 g/mol. The minimum absolute atomic E-state index is 0.0396. The number of carbonyl (C=O) groups is 1. The van der Waals surface area contributed by atoms with Crippen LogP contribution in [0.1, 0.15) is 52.6 Å². The van der Waals surface area contributed by atoms with Gasteiger partial charge in [-0.05, 0) is 49.4 Å². The first kappa shape index (κ1) is 20.4. The van der Waals surface area contributed by atoms with E-state index >= 15 is 0 Å². The Kier molecular flexibility index (Phi) is 5.00. The van der Waals surface area contributed by atoms with E-state index in [1.807, 2.05) is 25.1 Å². The first-order valence-electron chi connectivity index (χ1n) is 10.8. The average Bonchev–Trinajstić information content (AvgIpc) is 3.18. The highest BCUT2D eigenvalue weighted by Crippen LogP contribution is 2.49. The fourth-order valence-corrected chi connectivity index (χ4v) is 4.91. The molecule has 1 N–H and O–H groups in total. The number of fused-ring (bicyclic) bond motifs is 1. The summed E-state index contributed by atoms with van der Waals surface area (Å²) in [5.41, 5.74) is 6.80. The molecule has 0 fully saturated rings. The van der Waals surface area contributed by atoms with Gasteiger partial charge in [-0.1, -0.05) is 41.1 Å². The molecule has 32 heavy (non-hydrogen) atoms. The number of hydrogen-bond donors (Lipinski definition) is 1. The number of methoxy groups -OCH3 is 2. The Morgan fingerprint density at radius 1 is 0.969 bits per heavy atom. The summed E-state index contributed by atoms with van der Waals surface area (Å²) in [6.45, 7) is 3.99. The van der Waals surface area contributed by atoms with E-state index in [2.05, 4.69) is 41.7 Å². The van der Waals surface area contributed by atoms with Crippen molar-refractivity contribution in [2.75, 3.05) is 19.5 Å². The Bertz CT molecular complexity index is 1220. The van der Waals surface area contributed by atoms with Crippen molar-refractivity contribution in [3.05, 3.63) is 81.7 Å². The summed E-state index contributed by atoms with van der Waals surface area (Å²) in [4.78, 5) is 13.6. The van der Waals surface area contributed by atoms with Crippen LogP contribution >= 0.6 is 0 Å². The van der Waals surface area contributed by atoms with Gasteiger partial charge in [-0.15, -0.1) is 0 Å². The molecule has 1 aliphatic carbocycles. The number of hydrogen-bond acceptors (Lipinski definition) is 6. The molecule has 2 heterocycles. The highest BCUT2D eigenvalue weighted by atomic mass is 16.5. The third-order valence-electron chi connectivity index (χ3n) is 6.55. The SMILES string of the molecule is COc1ccc([C@H]2CC(=O)C3=C(C2)Nc2onc(C)c2[C@@H]3c2ccc(C)cc2)cc1OC. The van der Waals surface area contributed by atoms with Crippen LogP contribution in [0.4, 0.5) is 5.88 Å². The van der Waals surface area contributed by atoms with Gasteiger partial charge in [-0.3, -0.25) is 4.79 Å². The normalized spacial score (nSPS) is 19.8. The predicted molar refractivity (Wildman–Crippen MR) is 121 cm³/mol. The van der Waals surface area contributed by atoms with Crippen LogP contribution in [-0.2, 0) is 4.79 Å². The summed E-state index contributed by atoms with van der Waals surface area (Å²) in [6, 6.07) is 14.2. The van der Waals surface area contributed by atoms with Gasteiger partial charge in [0, 0.05) is 23.6 Å². The average molecular weight is 431 g/mol. The van der Waals surface area contributed by atoms with Gasteiger partial charge in [0.25, 0.3) is 0 Å². The van der Waals surface area contributed by atoms with Crippen LogP contribution in [0.3, 0.4) is 0 Å². The van der Waals surface area contributed by atoms with Crippen molar-refractivity contribution in [1.82, 2.24) is 5.16 Å². The summed E-state index contributed by atoms with van der Waals surface area (Å²) < 4.78 is 16.5. The molecule has 0 amide bonds.